The molecule has 106 valence electrons. The van der Waals surface area contributed by atoms with E-state index in [0.717, 1.165) is 5.71 Å². The summed E-state index contributed by atoms with van der Waals surface area (Å²) in [6, 6.07) is 7.20. The van der Waals surface area contributed by atoms with Crippen molar-refractivity contribution in [2.24, 2.45) is 10.3 Å². The third-order valence-electron chi connectivity index (χ3n) is 2.96. The molecule has 0 amide bonds. The number of carbonyl (C=O) groups excluding carboxylic acids is 1. The Bertz CT molecular complexity index is 598. The molecule has 1 aliphatic heterocycles. The monoisotopic (exact) mass is 294 g/mol. The second-order valence-electron chi connectivity index (χ2n) is 4.86. The van der Waals surface area contributed by atoms with Crippen LogP contribution >= 0.6 is 11.6 Å². The van der Waals surface area contributed by atoms with Crippen LogP contribution in [-0.2, 0) is 14.5 Å². The van der Waals surface area contributed by atoms with E-state index in [0.29, 0.717) is 22.7 Å². The number of nitrogens with zero attached hydrogens (tertiary/aromatic N) is 2. The van der Waals surface area contributed by atoms with Gasteiger partial charge in [0.25, 0.3) is 0 Å². The first-order valence-corrected chi connectivity index (χ1v) is 6.53. The highest BCUT2D eigenvalue weighted by atomic mass is 35.5. The summed E-state index contributed by atoms with van der Waals surface area (Å²) in [4.78, 5) is 22.0. The van der Waals surface area contributed by atoms with Gasteiger partial charge in [-0.1, -0.05) is 40.1 Å². The van der Waals surface area contributed by atoms with Crippen molar-refractivity contribution >= 4 is 29.0 Å². The summed E-state index contributed by atoms with van der Waals surface area (Å²) in [5, 5.41) is 8.13. The van der Waals surface area contributed by atoms with Crippen LogP contribution in [0.2, 0.25) is 5.02 Å². The van der Waals surface area contributed by atoms with Crippen LogP contribution in [0.3, 0.4) is 0 Å². The summed E-state index contributed by atoms with van der Waals surface area (Å²) in [5.74, 6) is -0.579. The molecule has 0 spiro atoms. The first-order chi connectivity index (χ1) is 9.42. The molecular formula is C14H15ClN2O3. The molecule has 0 aliphatic carbocycles. The van der Waals surface area contributed by atoms with Crippen molar-refractivity contribution in [3.63, 3.8) is 0 Å². The van der Waals surface area contributed by atoms with Gasteiger partial charge in [-0.15, -0.1) is 0 Å². The average molecular weight is 295 g/mol. The fraction of sp³-hybridized carbons (Fsp3) is 0.357. The minimum absolute atomic E-state index is 0.395. The lowest BCUT2D eigenvalue weighted by molar-refractivity contribution is -0.167. The van der Waals surface area contributed by atoms with Gasteiger partial charge in [0.1, 0.15) is 0 Å². The Morgan fingerprint density at radius 2 is 2.20 bits per heavy atom. The number of benzene rings is 1. The molecule has 1 unspecified atom stereocenters. The molecule has 0 bridgehead atoms. The predicted octanol–water partition coefficient (Wildman–Crippen LogP) is 3.16. The van der Waals surface area contributed by atoms with Gasteiger partial charge < -0.3 is 9.68 Å². The summed E-state index contributed by atoms with van der Waals surface area (Å²) in [6.45, 7) is 5.13. The van der Waals surface area contributed by atoms with Gasteiger partial charge in [0.05, 0.1) is 11.4 Å². The molecular weight excluding hydrogens is 280 g/mol. The van der Waals surface area contributed by atoms with Crippen LogP contribution in [0.5, 0.6) is 0 Å². The van der Waals surface area contributed by atoms with Crippen LogP contribution < -0.4 is 0 Å². The molecule has 0 saturated carbocycles. The lowest BCUT2D eigenvalue weighted by Crippen LogP contribution is -2.36. The van der Waals surface area contributed by atoms with Gasteiger partial charge >= 0.3 is 5.97 Å². The minimum atomic E-state index is -1.10. The van der Waals surface area contributed by atoms with Crippen molar-refractivity contribution in [2.75, 3.05) is 0 Å². The predicted molar refractivity (Wildman–Crippen MR) is 77.0 cm³/mol. The standard InChI is InChI=1S/C14H15ClN2O3/c1-9-8-14(3,20-16-9)13(18)19-17-10(2)11-6-4-5-7-12(11)15/h4-7H,8H2,1-3H3/b17-10+. The average Bonchev–Trinajstić information content (AvgIpc) is 2.77. The van der Waals surface area contributed by atoms with Gasteiger partial charge in [-0.25, -0.2) is 4.79 Å². The van der Waals surface area contributed by atoms with Crippen LogP contribution in [0, 0.1) is 0 Å². The number of hydrogen-bond acceptors (Lipinski definition) is 5. The van der Waals surface area contributed by atoms with Crippen LogP contribution in [0.1, 0.15) is 32.8 Å². The molecule has 0 radical (unpaired) electrons. The Balaban J connectivity index is 2.06. The number of hydrogen-bond donors (Lipinski definition) is 0. The molecule has 0 saturated heterocycles. The molecule has 1 aromatic rings. The first-order valence-electron chi connectivity index (χ1n) is 6.15. The van der Waals surface area contributed by atoms with Crippen LogP contribution in [0.4, 0.5) is 0 Å². The zero-order valence-electron chi connectivity index (χ0n) is 11.5. The van der Waals surface area contributed by atoms with Gasteiger partial charge in [-0.3, -0.25) is 0 Å². The van der Waals surface area contributed by atoms with E-state index in [1.54, 1.807) is 32.9 Å². The maximum Gasteiger partial charge on any atom is 0.381 e. The van der Waals surface area contributed by atoms with Crippen molar-refractivity contribution in [3.8, 4) is 0 Å². The molecule has 20 heavy (non-hydrogen) atoms. The molecule has 1 aliphatic rings. The van der Waals surface area contributed by atoms with E-state index in [-0.39, 0.29) is 0 Å². The van der Waals surface area contributed by atoms with E-state index in [9.17, 15) is 4.79 Å². The zero-order valence-corrected chi connectivity index (χ0v) is 12.3. The fourth-order valence-electron chi connectivity index (χ4n) is 1.85. The molecule has 6 heteroatoms. The molecule has 0 fully saturated rings. The van der Waals surface area contributed by atoms with Crippen LogP contribution in [0.25, 0.3) is 0 Å². The van der Waals surface area contributed by atoms with E-state index in [2.05, 4.69) is 10.3 Å². The Labute approximate surface area is 122 Å². The molecule has 2 rings (SSSR count). The maximum absolute atomic E-state index is 12.0. The van der Waals surface area contributed by atoms with Crippen molar-refractivity contribution in [2.45, 2.75) is 32.8 Å². The topological polar surface area (TPSA) is 60.2 Å². The minimum Gasteiger partial charge on any atom is -0.377 e. The maximum atomic E-state index is 12.0. The van der Waals surface area contributed by atoms with Crippen molar-refractivity contribution in [1.29, 1.82) is 0 Å². The van der Waals surface area contributed by atoms with Gasteiger partial charge in [-0.2, -0.15) is 0 Å². The largest absolute Gasteiger partial charge is 0.381 e. The van der Waals surface area contributed by atoms with Gasteiger partial charge in [0.2, 0.25) is 5.60 Å². The van der Waals surface area contributed by atoms with E-state index in [1.165, 1.54) is 0 Å². The number of oxime groups is 2. The summed E-state index contributed by atoms with van der Waals surface area (Å²) in [6.07, 6.45) is 0.395. The molecule has 1 atom stereocenters. The SMILES string of the molecule is CC1=NOC(C)(C(=O)O/N=C(\C)c2ccccc2Cl)C1. The second-order valence-corrected chi connectivity index (χ2v) is 5.27. The first kappa shape index (κ1) is 14.5. The quantitative estimate of drug-likeness (QED) is 0.489. The van der Waals surface area contributed by atoms with E-state index in [1.807, 2.05) is 12.1 Å². The highest BCUT2D eigenvalue weighted by Gasteiger charge is 2.43. The summed E-state index contributed by atoms with van der Waals surface area (Å²) >= 11 is 6.04. The number of carbonyl (C=O) groups is 1. The van der Waals surface area contributed by atoms with Crippen molar-refractivity contribution in [3.05, 3.63) is 34.9 Å². The Kier molecular flexibility index (Phi) is 4.09. The summed E-state index contributed by atoms with van der Waals surface area (Å²) in [5.41, 5.74) is 0.875. The normalized spacial score (nSPS) is 22.2. The third-order valence-corrected chi connectivity index (χ3v) is 3.29. The Hall–Kier alpha value is -1.88. The highest BCUT2D eigenvalue weighted by molar-refractivity contribution is 6.34. The fourth-order valence-corrected chi connectivity index (χ4v) is 2.12. The number of halogens is 1. The molecule has 1 aromatic carbocycles. The van der Waals surface area contributed by atoms with Crippen LogP contribution in [0.15, 0.2) is 34.6 Å². The summed E-state index contributed by atoms with van der Waals surface area (Å²) < 4.78 is 0. The molecule has 0 N–H and O–H groups in total. The van der Waals surface area contributed by atoms with Crippen molar-refractivity contribution in [1.82, 2.24) is 0 Å². The molecule has 0 aromatic heterocycles. The van der Waals surface area contributed by atoms with Crippen LogP contribution in [-0.4, -0.2) is 23.0 Å². The third kappa shape index (κ3) is 2.99. The Morgan fingerprint density at radius 1 is 1.50 bits per heavy atom. The Morgan fingerprint density at radius 3 is 2.80 bits per heavy atom. The molecule has 5 nitrogen and oxygen atoms in total. The smallest absolute Gasteiger partial charge is 0.377 e. The highest BCUT2D eigenvalue weighted by Crippen LogP contribution is 2.25. The van der Waals surface area contributed by atoms with E-state index < -0.39 is 11.6 Å². The second kappa shape index (κ2) is 5.63. The van der Waals surface area contributed by atoms with Crippen molar-refractivity contribution < 1.29 is 14.5 Å². The lowest BCUT2D eigenvalue weighted by Gasteiger charge is -2.16. The zero-order chi connectivity index (χ0) is 14.8. The lowest BCUT2D eigenvalue weighted by atomic mass is 10.0. The molecule has 1 heterocycles. The van der Waals surface area contributed by atoms with Gasteiger partial charge in [0, 0.05) is 17.0 Å². The van der Waals surface area contributed by atoms with E-state index >= 15 is 0 Å². The van der Waals surface area contributed by atoms with E-state index in [4.69, 9.17) is 21.3 Å². The van der Waals surface area contributed by atoms with Gasteiger partial charge in [0.15, 0.2) is 0 Å². The number of rotatable bonds is 3. The van der Waals surface area contributed by atoms with Gasteiger partial charge in [-0.05, 0) is 26.8 Å². The summed E-state index contributed by atoms with van der Waals surface area (Å²) in [7, 11) is 0.